The Kier molecular flexibility index (Phi) is 4.18. The second-order valence-electron chi connectivity index (χ2n) is 7.80. The third-order valence-corrected chi connectivity index (χ3v) is 7.06. The van der Waals surface area contributed by atoms with E-state index in [9.17, 15) is 9.59 Å². The third-order valence-electron chi connectivity index (χ3n) is 5.87. The molecule has 2 aromatic heterocycles. The summed E-state index contributed by atoms with van der Waals surface area (Å²) in [5, 5.41) is 3.23. The summed E-state index contributed by atoms with van der Waals surface area (Å²) in [4.78, 5) is 30.7. The van der Waals surface area contributed by atoms with Gasteiger partial charge in [-0.05, 0) is 52.7 Å². The van der Waals surface area contributed by atoms with Gasteiger partial charge in [0.05, 0.1) is 16.0 Å². The van der Waals surface area contributed by atoms with Crippen LogP contribution in [0.4, 0.5) is 0 Å². The number of hydrogen-bond acceptors (Lipinski definition) is 4. The number of aromatic nitrogens is 2. The van der Waals surface area contributed by atoms with Crippen molar-refractivity contribution < 1.29 is 9.59 Å². The van der Waals surface area contributed by atoms with E-state index in [-0.39, 0.29) is 17.1 Å². The largest absolute Gasteiger partial charge is 0.328 e. The van der Waals surface area contributed by atoms with Gasteiger partial charge < -0.3 is 4.57 Å². The lowest BCUT2D eigenvalue weighted by atomic mass is 10.0. The molecule has 5 aromatic rings. The average Bonchev–Trinajstić information content (AvgIpc) is 3.41. The number of Topliss-reactive ketones (excluding diaryl/α,β-unsaturated/α-hetero) is 2. The predicted molar refractivity (Wildman–Crippen MR) is 130 cm³/mol. The van der Waals surface area contributed by atoms with Gasteiger partial charge in [-0.15, -0.1) is 11.3 Å². The van der Waals surface area contributed by atoms with Crippen molar-refractivity contribution in [1.82, 2.24) is 9.55 Å². The minimum atomic E-state index is -0.239. The van der Waals surface area contributed by atoms with E-state index in [1.165, 1.54) is 11.3 Å². The molecule has 0 bridgehead atoms. The van der Waals surface area contributed by atoms with Crippen LogP contribution in [0.15, 0.2) is 72.3 Å². The molecule has 32 heavy (non-hydrogen) atoms. The molecule has 0 aliphatic heterocycles. The number of benzene rings is 3. The summed E-state index contributed by atoms with van der Waals surface area (Å²) in [6.45, 7) is 0. The van der Waals surface area contributed by atoms with E-state index < -0.39 is 0 Å². The normalized spacial score (nSPS) is 13.4. The molecule has 4 nitrogen and oxygen atoms in total. The van der Waals surface area contributed by atoms with E-state index in [0.29, 0.717) is 21.2 Å². The zero-order chi connectivity index (χ0) is 22.0. The van der Waals surface area contributed by atoms with Crippen LogP contribution < -0.4 is 0 Å². The fourth-order valence-electron chi connectivity index (χ4n) is 4.23. The highest BCUT2D eigenvalue weighted by Crippen LogP contribution is 2.35. The van der Waals surface area contributed by atoms with Crippen LogP contribution in [0, 0.1) is 0 Å². The zero-order valence-corrected chi connectivity index (χ0v) is 18.5. The number of aryl methyl sites for hydroxylation is 1. The van der Waals surface area contributed by atoms with Crippen molar-refractivity contribution in [1.29, 1.82) is 0 Å². The minimum absolute atomic E-state index is 0.173. The highest BCUT2D eigenvalue weighted by molar-refractivity contribution is 7.19. The van der Waals surface area contributed by atoms with Crippen molar-refractivity contribution >= 4 is 61.7 Å². The first-order valence-corrected chi connectivity index (χ1v) is 11.2. The number of nitrogens with zero attached hydrogens (tertiary/aromatic N) is 2. The van der Waals surface area contributed by atoms with Crippen LogP contribution in [0.2, 0.25) is 5.02 Å². The van der Waals surface area contributed by atoms with E-state index >= 15 is 0 Å². The smallest absolute Gasteiger partial charge is 0.197 e. The van der Waals surface area contributed by atoms with Gasteiger partial charge in [0.1, 0.15) is 5.01 Å². The maximum absolute atomic E-state index is 13.0. The molecule has 1 aliphatic rings. The van der Waals surface area contributed by atoms with Gasteiger partial charge in [0.15, 0.2) is 17.2 Å². The summed E-state index contributed by atoms with van der Waals surface area (Å²) < 4.78 is 3.00. The molecule has 6 heteroatoms. The monoisotopic (exact) mass is 454 g/mol. The maximum atomic E-state index is 13.0. The summed E-state index contributed by atoms with van der Waals surface area (Å²) >= 11 is 7.47. The quantitative estimate of drug-likeness (QED) is 0.224. The molecule has 0 radical (unpaired) electrons. The van der Waals surface area contributed by atoms with Crippen molar-refractivity contribution in [3.63, 3.8) is 0 Å². The number of ketones is 2. The van der Waals surface area contributed by atoms with Gasteiger partial charge in [-0.1, -0.05) is 48.0 Å². The van der Waals surface area contributed by atoms with Gasteiger partial charge >= 0.3 is 0 Å². The van der Waals surface area contributed by atoms with E-state index in [1.54, 1.807) is 6.08 Å². The number of fused-ring (bicyclic) bond motifs is 3. The first kappa shape index (κ1) is 19.2. The van der Waals surface area contributed by atoms with Crippen molar-refractivity contribution in [2.75, 3.05) is 0 Å². The molecule has 0 amide bonds. The molecule has 0 spiro atoms. The van der Waals surface area contributed by atoms with Crippen LogP contribution in [0.25, 0.3) is 38.5 Å². The Bertz CT molecular complexity index is 1570. The van der Waals surface area contributed by atoms with E-state index in [4.69, 9.17) is 16.6 Å². The number of rotatable bonds is 2. The number of carbonyl (C=O) groups excluding carboxylic acids is 2. The van der Waals surface area contributed by atoms with Crippen LogP contribution in [0.3, 0.4) is 0 Å². The Hall–Kier alpha value is -3.54. The number of halogens is 1. The van der Waals surface area contributed by atoms with Gasteiger partial charge in [0.25, 0.3) is 0 Å². The van der Waals surface area contributed by atoms with E-state index in [2.05, 4.69) is 6.07 Å². The SMILES string of the molecule is Cn1c(-c2ccc(Cl)cc2)cc2sc(C=C3C(=O)c4cc5ccccc5cc4C3=O)nc21. The van der Waals surface area contributed by atoms with Crippen molar-refractivity contribution in [2.24, 2.45) is 7.05 Å². The lowest BCUT2D eigenvalue weighted by Gasteiger charge is -2.03. The van der Waals surface area contributed by atoms with Crippen LogP contribution >= 0.6 is 22.9 Å². The van der Waals surface area contributed by atoms with Crippen LogP contribution in [0.5, 0.6) is 0 Å². The molecular formula is C26H15ClN2O2S. The molecule has 0 unspecified atom stereocenters. The fourth-order valence-corrected chi connectivity index (χ4v) is 5.34. The second-order valence-corrected chi connectivity index (χ2v) is 9.30. The highest BCUT2D eigenvalue weighted by Gasteiger charge is 2.33. The number of carbonyl (C=O) groups is 2. The topological polar surface area (TPSA) is 52.0 Å². The Morgan fingerprint density at radius 2 is 1.53 bits per heavy atom. The summed E-state index contributed by atoms with van der Waals surface area (Å²) in [7, 11) is 1.95. The molecular weight excluding hydrogens is 440 g/mol. The van der Waals surface area contributed by atoms with Gasteiger partial charge in [-0.3, -0.25) is 9.59 Å². The first-order chi connectivity index (χ1) is 15.5. The number of thiazole rings is 1. The van der Waals surface area contributed by atoms with E-state index in [0.717, 1.165) is 32.4 Å². The lowest BCUT2D eigenvalue weighted by molar-refractivity contribution is 0.0990. The van der Waals surface area contributed by atoms with Crippen LogP contribution in [-0.4, -0.2) is 21.1 Å². The molecule has 3 aromatic carbocycles. The highest BCUT2D eigenvalue weighted by atomic mass is 35.5. The standard InChI is InChI=1S/C26H15ClN2O2S/c1-29-21(14-6-8-17(27)9-7-14)13-22-26(29)28-23(32-22)12-20-24(30)18-10-15-4-2-3-5-16(15)11-19(18)25(20)31/h2-13H,1H3. The van der Waals surface area contributed by atoms with Gasteiger partial charge in [-0.2, -0.15) is 0 Å². The summed E-state index contributed by atoms with van der Waals surface area (Å²) in [6.07, 6.45) is 1.63. The Morgan fingerprint density at radius 1 is 0.906 bits per heavy atom. The molecule has 0 N–H and O–H groups in total. The molecule has 1 aliphatic carbocycles. The minimum Gasteiger partial charge on any atom is -0.328 e. The molecule has 154 valence electrons. The Morgan fingerprint density at radius 3 is 2.12 bits per heavy atom. The van der Waals surface area contributed by atoms with Crippen LogP contribution in [0.1, 0.15) is 25.7 Å². The lowest BCUT2D eigenvalue weighted by Crippen LogP contribution is -2.00. The Labute approximate surface area is 192 Å². The predicted octanol–water partition coefficient (Wildman–Crippen LogP) is 6.57. The summed E-state index contributed by atoms with van der Waals surface area (Å²) in [6, 6.07) is 21.1. The number of hydrogen-bond donors (Lipinski definition) is 0. The maximum Gasteiger partial charge on any atom is 0.197 e. The molecule has 2 heterocycles. The fraction of sp³-hybridized carbons (Fsp3) is 0.0385. The van der Waals surface area contributed by atoms with Gasteiger partial charge in [-0.25, -0.2) is 4.98 Å². The average molecular weight is 455 g/mol. The molecule has 6 rings (SSSR count). The number of allylic oxidation sites excluding steroid dienone is 1. The van der Waals surface area contributed by atoms with Crippen LogP contribution in [-0.2, 0) is 7.05 Å². The molecule has 0 saturated carbocycles. The first-order valence-electron chi connectivity index (χ1n) is 10.1. The summed E-state index contributed by atoms with van der Waals surface area (Å²) in [5.74, 6) is -0.478. The van der Waals surface area contributed by atoms with Gasteiger partial charge in [0.2, 0.25) is 0 Å². The third kappa shape index (κ3) is 2.86. The second kappa shape index (κ2) is 6.99. The van der Waals surface area contributed by atoms with Crippen molar-refractivity contribution in [2.45, 2.75) is 0 Å². The molecule has 0 saturated heterocycles. The van der Waals surface area contributed by atoms with E-state index in [1.807, 2.05) is 72.3 Å². The molecule has 0 atom stereocenters. The summed E-state index contributed by atoms with van der Waals surface area (Å²) in [5.41, 5.74) is 3.99. The Balaban J connectivity index is 1.40. The van der Waals surface area contributed by atoms with Crippen molar-refractivity contribution in [3.05, 3.63) is 93.5 Å². The zero-order valence-electron chi connectivity index (χ0n) is 16.9. The van der Waals surface area contributed by atoms with Crippen molar-refractivity contribution in [3.8, 4) is 11.3 Å². The van der Waals surface area contributed by atoms with Gasteiger partial charge in [0, 0.05) is 23.2 Å². The molecule has 0 fully saturated rings.